The molecule has 0 saturated carbocycles. The van der Waals surface area contributed by atoms with Crippen LogP contribution in [0.25, 0.3) is 0 Å². The minimum atomic E-state index is -0.404. The second-order valence-electron chi connectivity index (χ2n) is 2.64. The van der Waals surface area contributed by atoms with Crippen molar-refractivity contribution in [2.75, 3.05) is 27.4 Å². The van der Waals surface area contributed by atoms with Gasteiger partial charge in [0.05, 0.1) is 12.1 Å². The van der Waals surface area contributed by atoms with Gasteiger partial charge in [0.25, 0.3) is 0 Å². The summed E-state index contributed by atoms with van der Waals surface area (Å²) in [6.45, 7) is 0.266. The van der Waals surface area contributed by atoms with Crippen molar-refractivity contribution in [1.82, 2.24) is 5.32 Å². The summed E-state index contributed by atoms with van der Waals surface area (Å²) >= 11 is 0. The molecule has 0 aliphatic carbocycles. The predicted molar refractivity (Wildman–Crippen MR) is 39.4 cm³/mol. The van der Waals surface area contributed by atoms with Gasteiger partial charge in [-0.2, -0.15) is 0 Å². The number of ether oxygens (including phenoxy) is 2. The van der Waals surface area contributed by atoms with Gasteiger partial charge >= 0.3 is 0 Å². The first-order chi connectivity index (χ1) is 5.33. The Morgan fingerprint density at radius 2 is 2.18 bits per heavy atom. The highest BCUT2D eigenvalue weighted by molar-refractivity contribution is 4.92. The summed E-state index contributed by atoms with van der Waals surface area (Å²) in [4.78, 5) is 0. The van der Waals surface area contributed by atoms with Gasteiger partial charge in [0, 0.05) is 20.8 Å². The lowest BCUT2D eigenvalue weighted by Gasteiger charge is -2.19. The van der Waals surface area contributed by atoms with E-state index in [1.165, 1.54) is 0 Å². The van der Waals surface area contributed by atoms with Crippen molar-refractivity contribution in [3.8, 4) is 0 Å². The minimum absolute atomic E-state index is 0.0132. The van der Waals surface area contributed by atoms with Crippen LogP contribution in [0.3, 0.4) is 0 Å². The number of hydrogen-bond donors (Lipinski definition) is 1. The Balaban J connectivity index is 2.48. The first-order valence-electron chi connectivity index (χ1n) is 3.68. The largest absolute Gasteiger partial charge is 0.377 e. The van der Waals surface area contributed by atoms with Crippen molar-refractivity contribution in [3.63, 3.8) is 0 Å². The minimum Gasteiger partial charge on any atom is -0.377 e. The van der Waals surface area contributed by atoms with Gasteiger partial charge in [-0.3, -0.25) is 0 Å². The van der Waals surface area contributed by atoms with E-state index < -0.39 is 6.67 Å². The molecule has 66 valence electrons. The molecule has 0 bridgehead atoms. The van der Waals surface area contributed by atoms with Crippen molar-refractivity contribution in [2.45, 2.75) is 18.2 Å². The summed E-state index contributed by atoms with van der Waals surface area (Å²) in [6.07, 6.45) is -0.161. The van der Waals surface area contributed by atoms with Gasteiger partial charge in [0.15, 0.2) is 0 Å². The van der Waals surface area contributed by atoms with Crippen molar-refractivity contribution in [1.29, 1.82) is 0 Å². The van der Waals surface area contributed by atoms with E-state index in [0.29, 0.717) is 6.54 Å². The SMILES string of the molecule is CO[C@H]1[C@H](CF)NC[C@H]1OC. The van der Waals surface area contributed by atoms with Crippen LogP contribution in [0.15, 0.2) is 0 Å². The monoisotopic (exact) mass is 163 g/mol. The van der Waals surface area contributed by atoms with Crippen LogP contribution in [-0.2, 0) is 9.47 Å². The lowest BCUT2D eigenvalue weighted by atomic mass is 10.1. The fourth-order valence-electron chi connectivity index (χ4n) is 1.43. The number of rotatable bonds is 3. The van der Waals surface area contributed by atoms with Gasteiger partial charge in [-0.05, 0) is 0 Å². The molecule has 0 radical (unpaired) electrons. The number of halogens is 1. The van der Waals surface area contributed by atoms with E-state index in [-0.39, 0.29) is 18.2 Å². The third-order valence-electron chi connectivity index (χ3n) is 2.09. The summed E-state index contributed by atoms with van der Waals surface area (Å²) in [5.41, 5.74) is 0. The summed E-state index contributed by atoms with van der Waals surface area (Å²) in [6, 6.07) is -0.204. The Bertz CT molecular complexity index is 111. The molecular formula is C7H14FNO2. The van der Waals surface area contributed by atoms with Gasteiger partial charge in [-0.15, -0.1) is 0 Å². The second-order valence-corrected chi connectivity index (χ2v) is 2.64. The summed E-state index contributed by atoms with van der Waals surface area (Å²) in [5.74, 6) is 0. The zero-order chi connectivity index (χ0) is 8.27. The van der Waals surface area contributed by atoms with Crippen molar-refractivity contribution in [3.05, 3.63) is 0 Å². The van der Waals surface area contributed by atoms with E-state index >= 15 is 0 Å². The molecular weight excluding hydrogens is 149 g/mol. The highest BCUT2D eigenvalue weighted by atomic mass is 19.1. The maximum Gasteiger partial charge on any atom is 0.107 e. The Labute approximate surface area is 65.9 Å². The molecule has 1 aliphatic heterocycles. The normalized spacial score (nSPS) is 37.9. The molecule has 0 amide bonds. The number of alkyl halides is 1. The molecule has 1 aliphatic rings. The Morgan fingerprint density at radius 3 is 2.64 bits per heavy atom. The van der Waals surface area contributed by atoms with E-state index in [0.717, 1.165) is 0 Å². The lowest BCUT2D eigenvalue weighted by molar-refractivity contribution is -0.0203. The van der Waals surface area contributed by atoms with Crippen LogP contribution in [-0.4, -0.2) is 45.7 Å². The summed E-state index contributed by atoms with van der Waals surface area (Å²) < 4.78 is 22.4. The average molecular weight is 163 g/mol. The molecule has 3 atom stereocenters. The zero-order valence-electron chi connectivity index (χ0n) is 6.84. The molecule has 11 heavy (non-hydrogen) atoms. The molecule has 0 aromatic heterocycles. The molecule has 1 N–H and O–H groups in total. The van der Waals surface area contributed by atoms with Gasteiger partial charge in [0.1, 0.15) is 12.8 Å². The molecule has 1 rings (SSSR count). The van der Waals surface area contributed by atoms with Crippen LogP contribution in [0.4, 0.5) is 4.39 Å². The van der Waals surface area contributed by atoms with Gasteiger partial charge in [-0.25, -0.2) is 4.39 Å². The van der Waals surface area contributed by atoms with Crippen molar-refractivity contribution in [2.24, 2.45) is 0 Å². The second kappa shape index (κ2) is 3.99. The number of hydrogen-bond acceptors (Lipinski definition) is 3. The maximum absolute atomic E-state index is 12.2. The third kappa shape index (κ3) is 1.69. The third-order valence-corrected chi connectivity index (χ3v) is 2.09. The highest BCUT2D eigenvalue weighted by Gasteiger charge is 2.35. The number of methoxy groups -OCH3 is 2. The van der Waals surface area contributed by atoms with Crippen LogP contribution in [0.5, 0.6) is 0 Å². The molecule has 1 fully saturated rings. The van der Waals surface area contributed by atoms with E-state index in [1.54, 1.807) is 14.2 Å². The average Bonchev–Trinajstić information content (AvgIpc) is 2.45. The highest BCUT2D eigenvalue weighted by Crippen LogP contribution is 2.14. The molecule has 0 spiro atoms. The quantitative estimate of drug-likeness (QED) is 0.633. The van der Waals surface area contributed by atoms with Gasteiger partial charge < -0.3 is 14.8 Å². The molecule has 0 aromatic rings. The Hall–Kier alpha value is -0.190. The Kier molecular flexibility index (Phi) is 3.23. The first kappa shape index (κ1) is 8.90. The van der Waals surface area contributed by atoms with Crippen LogP contribution in [0, 0.1) is 0 Å². The fourth-order valence-corrected chi connectivity index (χ4v) is 1.43. The van der Waals surface area contributed by atoms with E-state index in [1.807, 2.05) is 0 Å². The lowest BCUT2D eigenvalue weighted by Crippen LogP contribution is -2.37. The predicted octanol–water partition coefficient (Wildman–Crippen LogP) is -0.0423. The van der Waals surface area contributed by atoms with E-state index in [2.05, 4.69) is 5.32 Å². The first-order valence-corrected chi connectivity index (χ1v) is 3.68. The maximum atomic E-state index is 12.2. The zero-order valence-corrected chi connectivity index (χ0v) is 6.84. The topological polar surface area (TPSA) is 30.5 Å². The van der Waals surface area contributed by atoms with Crippen LogP contribution in [0.2, 0.25) is 0 Å². The molecule has 1 saturated heterocycles. The smallest absolute Gasteiger partial charge is 0.107 e. The van der Waals surface area contributed by atoms with Gasteiger partial charge in [-0.1, -0.05) is 0 Å². The fraction of sp³-hybridized carbons (Fsp3) is 1.00. The van der Waals surface area contributed by atoms with Gasteiger partial charge in [0.2, 0.25) is 0 Å². The summed E-state index contributed by atoms with van der Waals surface area (Å²) in [7, 11) is 3.19. The molecule has 4 heteroatoms. The standard InChI is InChI=1S/C7H14FNO2/c1-10-6-4-9-5(3-8)7(6)11-2/h5-7,9H,3-4H2,1-2H3/t5-,6+,7-/m0/s1. The van der Waals surface area contributed by atoms with Crippen LogP contribution < -0.4 is 5.32 Å². The number of nitrogens with one attached hydrogen (secondary N) is 1. The molecule has 0 unspecified atom stereocenters. The molecule has 1 heterocycles. The van der Waals surface area contributed by atoms with E-state index in [9.17, 15) is 4.39 Å². The molecule has 3 nitrogen and oxygen atoms in total. The van der Waals surface area contributed by atoms with E-state index in [4.69, 9.17) is 9.47 Å². The summed E-state index contributed by atoms with van der Waals surface area (Å²) in [5, 5.41) is 2.98. The Morgan fingerprint density at radius 1 is 1.45 bits per heavy atom. The van der Waals surface area contributed by atoms with Crippen molar-refractivity contribution >= 4 is 0 Å². The molecule has 0 aromatic carbocycles. The van der Waals surface area contributed by atoms with Crippen LogP contribution >= 0.6 is 0 Å². The van der Waals surface area contributed by atoms with Crippen molar-refractivity contribution < 1.29 is 13.9 Å². The van der Waals surface area contributed by atoms with Crippen LogP contribution in [0.1, 0.15) is 0 Å².